The van der Waals surface area contributed by atoms with Gasteiger partial charge in [0.05, 0.1) is 5.25 Å². The van der Waals surface area contributed by atoms with Gasteiger partial charge in [-0.25, -0.2) is 0 Å². The summed E-state index contributed by atoms with van der Waals surface area (Å²) < 4.78 is 0. The number of para-hydroxylation sites is 1. The second kappa shape index (κ2) is 6.62. The third-order valence-electron chi connectivity index (χ3n) is 3.30. The first-order valence-electron chi connectivity index (χ1n) is 6.67. The third kappa shape index (κ3) is 3.64. The van der Waals surface area contributed by atoms with E-state index in [-0.39, 0.29) is 11.2 Å². The average molecular weight is 285 g/mol. The van der Waals surface area contributed by atoms with E-state index in [9.17, 15) is 4.79 Å². The zero-order valence-corrected chi connectivity index (χ0v) is 12.7. The number of benzene rings is 2. The molecule has 0 radical (unpaired) electrons. The van der Waals surface area contributed by atoms with E-state index >= 15 is 0 Å². The smallest absolute Gasteiger partial charge is 0.237 e. The van der Waals surface area contributed by atoms with Gasteiger partial charge in [0, 0.05) is 5.69 Å². The highest BCUT2D eigenvalue weighted by molar-refractivity contribution is 7.81. The second-order valence-electron chi connectivity index (χ2n) is 4.96. The number of rotatable bonds is 4. The van der Waals surface area contributed by atoms with Gasteiger partial charge in [-0.05, 0) is 37.0 Å². The minimum Gasteiger partial charge on any atom is -0.325 e. The summed E-state index contributed by atoms with van der Waals surface area (Å²) in [5, 5.41) is 2.63. The molecule has 1 amide bonds. The number of aryl methyl sites for hydroxylation is 2. The molecule has 20 heavy (non-hydrogen) atoms. The highest BCUT2D eigenvalue weighted by atomic mass is 32.1. The summed E-state index contributed by atoms with van der Waals surface area (Å²) in [7, 11) is 0. The van der Waals surface area contributed by atoms with Crippen LogP contribution in [0.5, 0.6) is 0 Å². The van der Waals surface area contributed by atoms with Crippen molar-refractivity contribution in [2.45, 2.75) is 25.5 Å². The van der Waals surface area contributed by atoms with Crippen LogP contribution in [0.15, 0.2) is 48.5 Å². The Bertz CT molecular complexity index is 575. The first-order valence-corrected chi connectivity index (χ1v) is 7.18. The predicted molar refractivity (Wildman–Crippen MR) is 87.5 cm³/mol. The number of nitrogens with one attached hydrogen (secondary N) is 1. The topological polar surface area (TPSA) is 29.1 Å². The van der Waals surface area contributed by atoms with Gasteiger partial charge in [-0.1, -0.05) is 48.5 Å². The highest BCUT2D eigenvalue weighted by Crippen LogP contribution is 2.20. The van der Waals surface area contributed by atoms with Crippen molar-refractivity contribution in [2.24, 2.45) is 0 Å². The molecular weight excluding hydrogens is 266 g/mol. The van der Waals surface area contributed by atoms with Crippen molar-refractivity contribution in [2.75, 3.05) is 5.32 Å². The van der Waals surface area contributed by atoms with Gasteiger partial charge in [0.1, 0.15) is 0 Å². The summed E-state index contributed by atoms with van der Waals surface area (Å²) in [6.45, 7) is 3.99. The Labute approximate surface area is 125 Å². The molecule has 0 aliphatic heterocycles. The first kappa shape index (κ1) is 14.7. The molecule has 0 fully saturated rings. The summed E-state index contributed by atoms with van der Waals surface area (Å²) >= 11 is 4.42. The molecule has 1 N–H and O–H groups in total. The Morgan fingerprint density at radius 2 is 1.65 bits per heavy atom. The Morgan fingerprint density at radius 1 is 1.05 bits per heavy atom. The molecule has 104 valence electrons. The van der Waals surface area contributed by atoms with Crippen LogP contribution in [0, 0.1) is 13.8 Å². The maximum atomic E-state index is 12.2. The molecule has 0 aromatic heterocycles. The molecule has 0 aliphatic carbocycles. The molecule has 2 nitrogen and oxygen atoms in total. The van der Waals surface area contributed by atoms with Crippen molar-refractivity contribution in [1.29, 1.82) is 0 Å². The fourth-order valence-corrected chi connectivity index (χ4v) is 2.42. The van der Waals surface area contributed by atoms with E-state index in [2.05, 4.69) is 17.9 Å². The van der Waals surface area contributed by atoms with Gasteiger partial charge in [0.15, 0.2) is 0 Å². The van der Waals surface area contributed by atoms with Gasteiger partial charge in [0.2, 0.25) is 5.91 Å². The van der Waals surface area contributed by atoms with Gasteiger partial charge >= 0.3 is 0 Å². The van der Waals surface area contributed by atoms with E-state index < -0.39 is 0 Å². The fraction of sp³-hybridized carbons (Fsp3) is 0.235. The van der Waals surface area contributed by atoms with Gasteiger partial charge in [0.25, 0.3) is 0 Å². The minimum atomic E-state index is -0.351. The Kier molecular flexibility index (Phi) is 4.85. The number of hydrogen-bond donors (Lipinski definition) is 2. The van der Waals surface area contributed by atoms with E-state index in [1.165, 1.54) is 0 Å². The van der Waals surface area contributed by atoms with Crippen molar-refractivity contribution in [3.63, 3.8) is 0 Å². The molecular formula is C17H19NOS. The largest absolute Gasteiger partial charge is 0.325 e. The number of anilines is 1. The van der Waals surface area contributed by atoms with Crippen LogP contribution in [0.1, 0.15) is 16.7 Å². The second-order valence-corrected chi connectivity index (χ2v) is 5.58. The monoisotopic (exact) mass is 285 g/mol. The molecule has 1 atom stereocenters. The van der Waals surface area contributed by atoms with E-state index in [0.717, 1.165) is 22.4 Å². The number of thiol groups is 1. The summed E-state index contributed by atoms with van der Waals surface area (Å²) in [5.41, 5.74) is 4.14. The first-order chi connectivity index (χ1) is 9.58. The van der Waals surface area contributed by atoms with Gasteiger partial charge < -0.3 is 5.32 Å². The summed E-state index contributed by atoms with van der Waals surface area (Å²) in [4.78, 5) is 12.2. The van der Waals surface area contributed by atoms with Crippen LogP contribution >= 0.6 is 12.6 Å². The SMILES string of the molecule is Cc1cccc(C)c1NC(=O)C(S)Cc1ccccc1. The number of amides is 1. The van der Waals surface area contributed by atoms with Crippen LogP contribution in [-0.4, -0.2) is 11.2 Å². The van der Waals surface area contributed by atoms with E-state index in [0.29, 0.717) is 6.42 Å². The molecule has 0 bridgehead atoms. The third-order valence-corrected chi connectivity index (χ3v) is 3.72. The Balaban J connectivity index is 2.05. The molecule has 2 aromatic rings. The van der Waals surface area contributed by atoms with Crippen LogP contribution < -0.4 is 5.32 Å². The standard InChI is InChI=1S/C17H19NOS/c1-12-7-6-8-13(2)16(12)18-17(19)15(20)11-14-9-4-3-5-10-14/h3-10,15,20H,11H2,1-2H3,(H,18,19). The molecule has 0 saturated carbocycles. The van der Waals surface area contributed by atoms with Crippen molar-refractivity contribution < 1.29 is 4.79 Å². The summed E-state index contributed by atoms with van der Waals surface area (Å²) in [6, 6.07) is 15.9. The molecule has 0 saturated heterocycles. The van der Waals surface area contributed by atoms with E-state index in [1.54, 1.807) is 0 Å². The molecule has 2 rings (SSSR count). The molecule has 2 aromatic carbocycles. The van der Waals surface area contributed by atoms with Crippen LogP contribution in [0.3, 0.4) is 0 Å². The quantitative estimate of drug-likeness (QED) is 0.822. The van der Waals surface area contributed by atoms with Gasteiger partial charge in [-0.2, -0.15) is 12.6 Å². The minimum absolute atomic E-state index is 0.0606. The lowest BCUT2D eigenvalue weighted by Gasteiger charge is -2.15. The van der Waals surface area contributed by atoms with Gasteiger partial charge in [-0.3, -0.25) is 4.79 Å². The fourth-order valence-electron chi connectivity index (χ4n) is 2.15. The molecule has 3 heteroatoms. The zero-order valence-electron chi connectivity index (χ0n) is 11.8. The Morgan fingerprint density at radius 3 is 2.25 bits per heavy atom. The van der Waals surface area contributed by atoms with Crippen LogP contribution in [0.4, 0.5) is 5.69 Å². The lowest BCUT2D eigenvalue weighted by Crippen LogP contribution is -2.26. The van der Waals surface area contributed by atoms with Crippen molar-refractivity contribution in [3.05, 3.63) is 65.2 Å². The van der Waals surface area contributed by atoms with Crippen LogP contribution in [-0.2, 0) is 11.2 Å². The maximum absolute atomic E-state index is 12.2. The van der Waals surface area contributed by atoms with E-state index in [1.807, 2.05) is 62.4 Å². The molecule has 0 heterocycles. The molecule has 0 aliphatic rings. The lowest BCUT2D eigenvalue weighted by molar-refractivity contribution is -0.115. The lowest BCUT2D eigenvalue weighted by atomic mass is 10.1. The summed E-state index contributed by atoms with van der Waals surface area (Å²) in [6.07, 6.45) is 0.626. The number of carbonyl (C=O) groups is 1. The van der Waals surface area contributed by atoms with Crippen molar-refractivity contribution in [1.82, 2.24) is 0 Å². The van der Waals surface area contributed by atoms with Crippen LogP contribution in [0.25, 0.3) is 0 Å². The van der Waals surface area contributed by atoms with E-state index in [4.69, 9.17) is 0 Å². The number of carbonyl (C=O) groups excluding carboxylic acids is 1. The average Bonchev–Trinajstić information content (AvgIpc) is 2.44. The highest BCUT2D eigenvalue weighted by Gasteiger charge is 2.16. The maximum Gasteiger partial charge on any atom is 0.237 e. The predicted octanol–water partition coefficient (Wildman–Crippen LogP) is 3.78. The number of hydrogen-bond acceptors (Lipinski definition) is 2. The Hall–Kier alpha value is -1.74. The van der Waals surface area contributed by atoms with Crippen LogP contribution in [0.2, 0.25) is 0 Å². The molecule has 0 spiro atoms. The molecule has 1 unspecified atom stereocenters. The van der Waals surface area contributed by atoms with Gasteiger partial charge in [-0.15, -0.1) is 0 Å². The van der Waals surface area contributed by atoms with Crippen molar-refractivity contribution >= 4 is 24.2 Å². The van der Waals surface area contributed by atoms with Crippen molar-refractivity contribution in [3.8, 4) is 0 Å². The normalized spacial score (nSPS) is 11.9. The zero-order chi connectivity index (χ0) is 14.5. The summed E-state index contributed by atoms with van der Waals surface area (Å²) in [5.74, 6) is -0.0606.